The van der Waals surface area contributed by atoms with Gasteiger partial charge in [-0.05, 0) is 84.1 Å². The molecule has 0 aliphatic heterocycles. The van der Waals surface area contributed by atoms with Gasteiger partial charge in [-0.2, -0.15) is 0 Å². The maximum absolute atomic E-state index is 5.48. The molecule has 0 spiro atoms. The molecular formula is C51H33N. The van der Waals surface area contributed by atoms with Crippen LogP contribution in [0.1, 0.15) is 0 Å². The van der Waals surface area contributed by atoms with Crippen LogP contribution in [0.25, 0.3) is 100 Å². The van der Waals surface area contributed by atoms with E-state index >= 15 is 0 Å². The van der Waals surface area contributed by atoms with E-state index in [1.807, 2.05) is 0 Å². The SMILES string of the molecule is c1ccc(-c2cc(-c3cccc(-c4ccccc4-c4ccc5c6c(cccc46)-c4ccccc4-5)c3)nc(-c3ccccc3)c2-c2ccccc2)cc1. The number of nitrogens with zero attached hydrogens (tertiary/aromatic N) is 1. The van der Waals surface area contributed by atoms with E-state index in [0.29, 0.717) is 0 Å². The summed E-state index contributed by atoms with van der Waals surface area (Å²) in [6, 6.07) is 72.1. The van der Waals surface area contributed by atoms with Gasteiger partial charge in [0.25, 0.3) is 0 Å². The topological polar surface area (TPSA) is 12.9 Å². The Hall–Kier alpha value is -6.83. The van der Waals surface area contributed by atoms with Crippen molar-refractivity contribution in [1.29, 1.82) is 0 Å². The van der Waals surface area contributed by atoms with Gasteiger partial charge in [0.2, 0.25) is 0 Å². The Kier molecular flexibility index (Phi) is 7.22. The molecule has 1 aromatic heterocycles. The zero-order valence-corrected chi connectivity index (χ0v) is 28.5. The van der Waals surface area contributed by atoms with Crippen LogP contribution in [0.3, 0.4) is 0 Å². The van der Waals surface area contributed by atoms with E-state index in [1.165, 1.54) is 49.7 Å². The monoisotopic (exact) mass is 659 g/mol. The zero-order chi connectivity index (χ0) is 34.4. The summed E-state index contributed by atoms with van der Waals surface area (Å²) in [5.41, 5.74) is 18.8. The molecule has 52 heavy (non-hydrogen) atoms. The lowest BCUT2D eigenvalue weighted by molar-refractivity contribution is 1.32. The Balaban J connectivity index is 1.16. The van der Waals surface area contributed by atoms with Gasteiger partial charge in [-0.3, -0.25) is 0 Å². The summed E-state index contributed by atoms with van der Waals surface area (Å²) in [4.78, 5) is 5.48. The van der Waals surface area contributed by atoms with E-state index in [4.69, 9.17) is 4.98 Å². The van der Waals surface area contributed by atoms with Crippen LogP contribution in [0.5, 0.6) is 0 Å². The number of aromatic nitrogens is 1. The van der Waals surface area contributed by atoms with E-state index in [9.17, 15) is 0 Å². The van der Waals surface area contributed by atoms with Gasteiger partial charge in [-0.15, -0.1) is 0 Å². The Labute approximate surface area is 304 Å². The third-order valence-corrected chi connectivity index (χ3v) is 10.4. The van der Waals surface area contributed by atoms with Crippen LogP contribution in [0.4, 0.5) is 0 Å². The highest BCUT2D eigenvalue weighted by Crippen LogP contribution is 2.50. The predicted octanol–water partition coefficient (Wildman–Crippen LogP) is 13.9. The van der Waals surface area contributed by atoms with Crippen LogP contribution in [-0.4, -0.2) is 4.98 Å². The number of rotatable bonds is 6. The van der Waals surface area contributed by atoms with Crippen molar-refractivity contribution >= 4 is 10.8 Å². The zero-order valence-electron chi connectivity index (χ0n) is 28.5. The molecular weight excluding hydrogens is 627 g/mol. The number of benzene rings is 8. The average molecular weight is 660 g/mol. The van der Waals surface area contributed by atoms with Gasteiger partial charge in [0.1, 0.15) is 0 Å². The fraction of sp³-hybridized carbons (Fsp3) is 0. The summed E-state index contributed by atoms with van der Waals surface area (Å²) in [7, 11) is 0. The summed E-state index contributed by atoms with van der Waals surface area (Å²) in [5, 5.41) is 2.63. The molecule has 8 aromatic carbocycles. The van der Waals surface area contributed by atoms with E-state index in [0.717, 1.165) is 50.3 Å². The lowest BCUT2D eigenvalue weighted by Gasteiger charge is -2.18. The van der Waals surface area contributed by atoms with Crippen molar-refractivity contribution in [2.24, 2.45) is 0 Å². The number of hydrogen-bond donors (Lipinski definition) is 0. The molecule has 0 amide bonds. The Morgan fingerprint density at radius 2 is 0.750 bits per heavy atom. The minimum atomic E-state index is 0.944. The molecule has 1 aliphatic rings. The third-order valence-electron chi connectivity index (χ3n) is 10.4. The number of hydrogen-bond acceptors (Lipinski definition) is 1. The Morgan fingerprint density at radius 3 is 1.44 bits per heavy atom. The summed E-state index contributed by atoms with van der Waals surface area (Å²) in [5.74, 6) is 0. The fourth-order valence-electron chi connectivity index (χ4n) is 8.10. The second kappa shape index (κ2) is 12.5. The molecule has 0 atom stereocenters. The smallest absolute Gasteiger partial charge is 0.0794 e. The molecule has 242 valence electrons. The molecule has 0 saturated heterocycles. The third kappa shape index (κ3) is 4.98. The summed E-state index contributed by atoms with van der Waals surface area (Å²) in [6.45, 7) is 0. The van der Waals surface area contributed by atoms with Crippen molar-refractivity contribution in [3.63, 3.8) is 0 Å². The first-order valence-corrected chi connectivity index (χ1v) is 17.9. The highest BCUT2D eigenvalue weighted by Gasteiger charge is 2.23. The van der Waals surface area contributed by atoms with E-state index in [1.54, 1.807) is 0 Å². The normalized spacial score (nSPS) is 11.5. The Morgan fingerprint density at radius 1 is 0.269 bits per heavy atom. The van der Waals surface area contributed by atoms with Crippen LogP contribution >= 0.6 is 0 Å². The standard InChI is InChI=1S/C51H33N/c1-4-16-34(17-5-1)47-33-48(52-51(36-20-8-3-9-21-36)49(47)35-18-6-2-7-19-35)38-23-14-22-37(32-38)39-24-10-11-25-40(39)43-30-31-46-42-27-13-12-26-41(42)44-28-15-29-45(43)50(44)46/h1-33H. The van der Waals surface area contributed by atoms with Gasteiger partial charge in [-0.25, -0.2) is 4.98 Å². The van der Waals surface area contributed by atoms with Crippen LogP contribution < -0.4 is 0 Å². The second-order valence-electron chi connectivity index (χ2n) is 13.4. The molecule has 0 unspecified atom stereocenters. The average Bonchev–Trinajstić information content (AvgIpc) is 3.56. The molecule has 9 aromatic rings. The van der Waals surface area contributed by atoms with Gasteiger partial charge in [0.05, 0.1) is 11.4 Å². The molecule has 1 nitrogen and oxygen atoms in total. The molecule has 1 heteroatoms. The molecule has 10 rings (SSSR count). The van der Waals surface area contributed by atoms with E-state index < -0.39 is 0 Å². The summed E-state index contributed by atoms with van der Waals surface area (Å²) >= 11 is 0. The first-order valence-electron chi connectivity index (χ1n) is 17.9. The summed E-state index contributed by atoms with van der Waals surface area (Å²) in [6.07, 6.45) is 0. The van der Waals surface area contributed by atoms with Gasteiger partial charge in [-0.1, -0.05) is 188 Å². The predicted molar refractivity (Wildman–Crippen MR) is 219 cm³/mol. The van der Waals surface area contributed by atoms with Crippen molar-refractivity contribution in [2.75, 3.05) is 0 Å². The molecule has 0 saturated carbocycles. The van der Waals surface area contributed by atoms with Crippen LogP contribution in [0, 0.1) is 0 Å². The Bertz CT molecular complexity index is 2670. The first-order chi connectivity index (χ1) is 25.8. The maximum Gasteiger partial charge on any atom is 0.0794 e. The van der Waals surface area contributed by atoms with Crippen molar-refractivity contribution in [3.8, 4) is 89.3 Å². The lowest BCUT2D eigenvalue weighted by atomic mass is 9.88. The highest BCUT2D eigenvalue weighted by molar-refractivity contribution is 6.19. The molecule has 1 aliphatic carbocycles. The minimum Gasteiger partial charge on any atom is -0.247 e. The highest BCUT2D eigenvalue weighted by atomic mass is 14.7. The minimum absolute atomic E-state index is 0.944. The van der Waals surface area contributed by atoms with Gasteiger partial charge >= 0.3 is 0 Å². The molecule has 1 heterocycles. The number of fused-ring (bicyclic) bond motifs is 3. The molecule has 0 bridgehead atoms. The fourth-order valence-corrected chi connectivity index (χ4v) is 8.10. The van der Waals surface area contributed by atoms with Gasteiger partial charge in [0.15, 0.2) is 0 Å². The molecule has 0 fully saturated rings. The van der Waals surface area contributed by atoms with Crippen LogP contribution in [0.15, 0.2) is 200 Å². The van der Waals surface area contributed by atoms with Gasteiger partial charge in [0, 0.05) is 16.7 Å². The van der Waals surface area contributed by atoms with Crippen molar-refractivity contribution in [3.05, 3.63) is 200 Å². The first kappa shape index (κ1) is 30.0. The van der Waals surface area contributed by atoms with Crippen molar-refractivity contribution in [1.82, 2.24) is 4.98 Å². The second-order valence-corrected chi connectivity index (χ2v) is 13.4. The maximum atomic E-state index is 5.48. The molecule has 0 radical (unpaired) electrons. The quantitative estimate of drug-likeness (QED) is 0.173. The van der Waals surface area contributed by atoms with Crippen LogP contribution in [-0.2, 0) is 0 Å². The van der Waals surface area contributed by atoms with E-state index in [2.05, 4.69) is 200 Å². The van der Waals surface area contributed by atoms with Crippen molar-refractivity contribution < 1.29 is 0 Å². The summed E-state index contributed by atoms with van der Waals surface area (Å²) < 4.78 is 0. The van der Waals surface area contributed by atoms with Gasteiger partial charge < -0.3 is 0 Å². The van der Waals surface area contributed by atoms with Crippen LogP contribution in [0.2, 0.25) is 0 Å². The van der Waals surface area contributed by atoms with Crippen molar-refractivity contribution in [2.45, 2.75) is 0 Å². The lowest BCUT2D eigenvalue weighted by Crippen LogP contribution is -1.97. The van der Waals surface area contributed by atoms with E-state index in [-0.39, 0.29) is 0 Å². The molecule has 0 N–H and O–H groups in total. The number of pyridine rings is 1. The largest absolute Gasteiger partial charge is 0.247 e.